The zero-order valence-corrected chi connectivity index (χ0v) is 15.4. The van der Waals surface area contributed by atoms with Crippen LogP contribution < -0.4 is 5.32 Å². The second-order valence-corrected chi connectivity index (χ2v) is 7.72. The van der Waals surface area contributed by atoms with E-state index in [1.54, 1.807) is 20.8 Å². The van der Waals surface area contributed by atoms with E-state index in [1.165, 1.54) is 18.2 Å². The number of halogens is 2. The molecule has 1 amide bonds. The molecule has 0 saturated heterocycles. The summed E-state index contributed by atoms with van der Waals surface area (Å²) in [4.78, 5) is 24.9. The number of ketones is 1. The van der Waals surface area contributed by atoms with E-state index >= 15 is 0 Å². The fourth-order valence-corrected chi connectivity index (χ4v) is 3.01. The number of hydrogen-bond donors (Lipinski definition) is 1. The maximum Gasteiger partial charge on any atom is 0.408 e. The third kappa shape index (κ3) is 3.78. The van der Waals surface area contributed by atoms with E-state index in [9.17, 15) is 14.0 Å². The largest absolute Gasteiger partial charge is 0.444 e. The van der Waals surface area contributed by atoms with Crippen molar-refractivity contribution < 1.29 is 18.7 Å². The maximum atomic E-state index is 14.5. The lowest BCUT2D eigenvalue weighted by Gasteiger charge is -2.33. The van der Waals surface area contributed by atoms with E-state index in [0.717, 1.165) is 0 Å². The summed E-state index contributed by atoms with van der Waals surface area (Å²) in [6, 6.07) is 4.22. The van der Waals surface area contributed by atoms with Crippen molar-refractivity contribution in [3.8, 4) is 12.3 Å². The van der Waals surface area contributed by atoms with Crippen LogP contribution in [-0.2, 0) is 15.1 Å². The van der Waals surface area contributed by atoms with E-state index in [0.29, 0.717) is 17.3 Å². The Labute approximate surface area is 149 Å². The van der Waals surface area contributed by atoms with Crippen LogP contribution in [0.2, 0.25) is 0 Å². The van der Waals surface area contributed by atoms with Crippen molar-refractivity contribution in [2.75, 3.05) is 0 Å². The van der Waals surface area contributed by atoms with Crippen molar-refractivity contribution in [3.63, 3.8) is 0 Å². The molecule has 1 aliphatic rings. The first kappa shape index (κ1) is 18.5. The van der Waals surface area contributed by atoms with E-state index in [4.69, 9.17) is 11.2 Å². The van der Waals surface area contributed by atoms with Gasteiger partial charge in [-0.25, -0.2) is 9.18 Å². The minimum absolute atomic E-state index is 0.0492. The van der Waals surface area contributed by atoms with Crippen molar-refractivity contribution in [1.29, 1.82) is 0 Å². The third-order valence-electron chi connectivity index (χ3n) is 3.73. The van der Waals surface area contributed by atoms with Gasteiger partial charge in [-0.05, 0) is 63.7 Å². The molecular weight excluding hydrogens is 377 g/mol. The second-order valence-electron chi connectivity index (χ2n) is 6.81. The van der Waals surface area contributed by atoms with Gasteiger partial charge in [0.2, 0.25) is 5.78 Å². The van der Waals surface area contributed by atoms with Crippen molar-refractivity contribution in [3.05, 3.63) is 34.1 Å². The first-order chi connectivity index (χ1) is 11.1. The summed E-state index contributed by atoms with van der Waals surface area (Å²) < 4.78 is 20.3. The molecule has 2 rings (SSSR count). The lowest BCUT2D eigenvalue weighted by molar-refractivity contribution is -0.121. The molecule has 1 N–H and O–H groups in total. The van der Waals surface area contributed by atoms with Crippen LogP contribution in [0.1, 0.15) is 39.2 Å². The van der Waals surface area contributed by atoms with Gasteiger partial charge in [0.1, 0.15) is 17.0 Å². The number of amides is 1. The molecule has 0 bridgehead atoms. The van der Waals surface area contributed by atoms with Gasteiger partial charge in [0.05, 0.1) is 0 Å². The number of benzene rings is 1. The highest BCUT2D eigenvalue weighted by atomic mass is 79.9. The van der Waals surface area contributed by atoms with Crippen LogP contribution >= 0.6 is 15.9 Å². The van der Waals surface area contributed by atoms with Gasteiger partial charge in [-0.15, -0.1) is 6.42 Å². The Kier molecular flexibility index (Phi) is 5.05. The maximum absolute atomic E-state index is 14.5. The Balaban J connectivity index is 2.53. The van der Waals surface area contributed by atoms with Crippen molar-refractivity contribution in [1.82, 2.24) is 5.32 Å². The molecule has 6 heteroatoms. The fraction of sp³-hybridized carbons (Fsp3) is 0.444. The summed E-state index contributed by atoms with van der Waals surface area (Å²) in [7, 11) is 0. The van der Waals surface area contributed by atoms with Crippen LogP contribution in [0.3, 0.4) is 0 Å². The van der Waals surface area contributed by atoms with Crippen molar-refractivity contribution in [2.24, 2.45) is 5.92 Å². The number of carbonyl (C=O) groups excluding carboxylic acids is 2. The summed E-state index contributed by atoms with van der Waals surface area (Å²) in [5.74, 6) is 0.489. The molecule has 0 aliphatic heterocycles. The molecule has 128 valence electrons. The van der Waals surface area contributed by atoms with Gasteiger partial charge in [-0.2, -0.15) is 0 Å². The van der Waals surface area contributed by atoms with E-state index < -0.39 is 28.8 Å². The molecule has 0 radical (unpaired) electrons. The molecule has 24 heavy (non-hydrogen) atoms. The molecule has 0 spiro atoms. The number of Topliss-reactive ketones (excluding diaryl/α,β-unsaturated/α-hetero) is 1. The van der Waals surface area contributed by atoms with Gasteiger partial charge in [0.15, 0.2) is 0 Å². The summed E-state index contributed by atoms with van der Waals surface area (Å²) in [6.07, 6.45) is 5.84. The Morgan fingerprint density at radius 1 is 1.38 bits per heavy atom. The molecule has 1 aromatic carbocycles. The molecule has 1 saturated carbocycles. The van der Waals surface area contributed by atoms with Gasteiger partial charge >= 0.3 is 6.09 Å². The number of hydrogen-bond acceptors (Lipinski definition) is 3. The summed E-state index contributed by atoms with van der Waals surface area (Å²) in [6.45, 7) is 5.11. The summed E-state index contributed by atoms with van der Waals surface area (Å²) in [5, 5.41) is 2.57. The SMILES string of the molecule is C#CC(=O)[C@](NC(=O)OC(C)(C)C)(c1cc(Br)ccc1F)C1CC1. The first-order valence-electron chi connectivity index (χ1n) is 7.58. The predicted octanol–water partition coefficient (Wildman–Crippen LogP) is 3.92. The second kappa shape index (κ2) is 6.56. The number of ether oxygens (including phenoxy) is 1. The van der Waals surface area contributed by atoms with E-state index in [-0.39, 0.29) is 11.5 Å². The van der Waals surface area contributed by atoms with Gasteiger partial charge in [-0.3, -0.25) is 4.79 Å². The van der Waals surface area contributed by atoms with E-state index in [2.05, 4.69) is 21.2 Å². The van der Waals surface area contributed by atoms with Gasteiger partial charge < -0.3 is 10.1 Å². The minimum atomic E-state index is -1.62. The first-order valence-corrected chi connectivity index (χ1v) is 8.37. The molecule has 0 heterocycles. The van der Waals surface area contributed by atoms with Crippen LogP contribution in [0.15, 0.2) is 22.7 Å². The fourth-order valence-electron chi connectivity index (χ4n) is 2.65. The van der Waals surface area contributed by atoms with Crippen molar-refractivity contribution >= 4 is 27.8 Å². The van der Waals surface area contributed by atoms with Crippen LogP contribution in [0.5, 0.6) is 0 Å². The zero-order valence-electron chi connectivity index (χ0n) is 13.8. The molecule has 1 aromatic rings. The van der Waals surface area contributed by atoms with Crippen LogP contribution in [0.4, 0.5) is 9.18 Å². The third-order valence-corrected chi connectivity index (χ3v) is 4.22. The minimum Gasteiger partial charge on any atom is -0.444 e. The molecule has 4 nitrogen and oxygen atoms in total. The van der Waals surface area contributed by atoms with Crippen LogP contribution in [-0.4, -0.2) is 17.5 Å². The van der Waals surface area contributed by atoms with Crippen molar-refractivity contribution in [2.45, 2.75) is 44.8 Å². The molecular formula is C18H19BrFNO3. The summed E-state index contributed by atoms with van der Waals surface area (Å²) >= 11 is 3.27. The predicted molar refractivity (Wildman–Crippen MR) is 91.7 cm³/mol. The highest BCUT2D eigenvalue weighted by Gasteiger charge is 2.54. The van der Waals surface area contributed by atoms with Crippen LogP contribution in [0.25, 0.3) is 0 Å². The molecule has 0 aromatic heterocycles. The standard InChI is InChI=1S/C18H19BrFNO3/c1-5-15(22)18(11-6-7-11,21-16(23)24-17(2,3)4)13-10-12(19)8-9-14(13)20/h1,8-11H,6-7H2,2-4H3,(H,21,23)/t18-/m1/s1. The lowest BCUT2D eigenvalue weighted by Crippen LogP contribution is -2.54. The highest BCUT2D eigenvalue weighted by Crippen LogP contribution is 2.47. The van der Waals surface area contributed by atoms with Gasteiger partial charge in [0, 0.05) is 10.0 Å². The smallest absolute Gasteiger partial charge is 0.408 e. The lowest BCUT2D eigenvalue weighted by atomic mass is 9.80. The number of carbonyl (C=O) groups is 2. The average molecular weight is 396 g/mol. The molecule has 1 fully saturated rings. The number of alkyl carbamates (subject to hydrolysis) is 1. The Hall–Kier alpha value is -1.87. The van der Waals surface area contributed by atoms with E-state index in [1.807, 2.05) is 5.92 Å². The monoisotopic (exact) mass is 395 g/mol. The Bertz CT molecular complexity index is 716. The average Bonchev–Trinajstić information content (AvgIpc) is 3.29. The summed E-state index contributed by atoms with van der Waals surface area (Å²) in [5.41, 5.74) is -2.33. The normalized spacial score (nSPS) is 16.7. The number of terminal acetylenes is 1. The molecule has 1 aliphatic carbocycles. The van der Waals surface area contributed by atoms with Gasteiger partial charge in [-0.1, -0.05) is 15.9 Å². The Morgan fingerprint density at radius 2 is 2.00 bits per heavy atom. The number of nitrogens with one attached hydrogen (secondary N) is 1. The molecule has 1 atom stereocenters. The quantitative estimate of drug-likeness (QED) is 0.620. The van der Waals surface area contributed by atoms with Gasteiger partial charge in [0.25, 0.3) is 0 Å². The Morgan fingerprint density at radius 3 is 2.50 bits per heavy atom. The van der Waals surface area contributed by atoms with Crippen LogP contribution in [0, 0.1) is 24.1 Å². The number of rotatable bonds is 4. The zero-order chi connectivity index (χ0) is 18.1. The molecule has 0 unspecified atom stereocenters. The topological polar surface area (TPSA) is 55.4 Å². The highest BCUT2D eigenvalue weighted by molar-refractivity contribution is 9.10.